The summed E-state index contributed by atoms with van der Waals surface area (Å²) >= 11 is 0. The fourth-order valence-electron chi connectivity index (χ4n) is 5.61. The molecular formula is C36H32BrF6N5O4. The molecular weight excluding hydrogens is 760 g/mol. The Hall–Kier alpha value is -5.09. The highest BCUT2D eigenvalue weighted by atomic mass is 79.9. The summed E-state index contributed by atoms with van der Waals surface area (Å²) in [6, 6.07) is 20.6. The Morgan fingerprint density at radius 1 is 0.827 bits per heavy atom. The molecule has 0 aliphatic carbocycles. The summed E-state index contributed by atoms with van der Waals surface area (Å²) < 4.78 is 88.1. The lowest BCUT2D eigenvalue weighted by Gasteiger charge is -2.34. The molecule has 0 unspecified atom stereocenters. The van der Waals surface area contributed by atoms with E-state index in [1.807, 2.05) is 12.1 Å². The van der Waals surface area contributed by atoms with Gasteiger partial charge < -0.3 is 24.3 Å². The van der Waals surface area contributed by atoms with Crippen molar-refractivity contribution in [1.82, 2.24) is 19.4 Å². The molecule has 2 amide bonds. The van der Waals surface area contributed by atoms with Crippen molar-refractivity contribution in [3.8, 4) is 17.4 Å². The molecule has 9 nitrogen and oxygen atoms in total. The van der Waals surface area contributed by atoms with Gasteiger partial charge in [0.15, 0.2) is 6.61 Å². The average Bonchev–Trinajstić information content (AvgIpc) is 3.43. The van der Waals surface area contributed by atoms with Gasteiger partial charge in [0.2, 0.25) is 5.88 Å². The number of benzene rings is 3. The van der Waals surface area contributed by atoms with Crippen molar-refractivity contribution in [1.29, 1.82) is 0 Å². The first-order chi connectivity index (χ1) is 24.2. The Morgan fingerprint density at radius 2 is 1.50 bits per heavy atom. The van der Waals surface area contributed by atoms with Gasteiger partial charge in [0, 0.05) is 62.9 Å². The third kappa shape index (κ3) is 9.41. The zero-order valence-corrected chi connectivity index (χ0v) is 29.2. The third-order valence-electron chi connectivity index (χ3n) is 8.32. The molecule has 1 aliphatic heterocycles. The van der Waals surface area contributed by atoms with Crippen molar-refractivity contribution < 1.29 is 45.4 Å². The van der Waals surface area contributed by atoms with E-state index in [9.17, 15) is 35.9 Å². The quantitative estimate of drug-likeness (QED) is 0.152. The number of carbonyl (C=O) groups is 2. The van der Waals surface area contributed by atoms with Gasteiger partial charge in [0.25, 0.3) is 11.8 Å². The summed E-state index contributed by atoms with van der Waals surface area (Å²) in [5, 5.41) is 3.43. The molecule has 1 fully saturated rings. The zero-order chi connectivity index (χ0) is 36.3. The second kappa shape index (κ2) is 15.7. The van der Waals surface area contributed by atoms with E-state index in [2.05, 4.69) is 15.2 Å². The predicted octanol–water partition coefficient (Wildman–Crippen LogP) is 8.11. The molecule has 3 aromatic carbocycles. The van der Waals surface area contributed by atoms with Gasteiger partial charge in [-0.1, -0.05) is 12.1 Å². The molecule has 0 bridgehead atoms. The first kappa shape index (κ1) is 38.1. The van der Waals surface area contributed by atoms with Crippen molar-refractivity contribution in [3.05, 3.63) is 114 Å². The van der Waals surface area contributed by atoms with Gasteiger partial charge in [0.05, 0.1) is 23.0 Å². The number of piperazine rings is 1. The molecule has 16 heteroatoms. The SMILES string of the molecule is Br.Cn1c(C(=O)N2CCN(Cc3ccc(OCC(F)(F)F)cc3)CC2)cc2ccc(Oc3ccc(NC(=O)c4ccc(C(F)(F)F)cc4)cn3)cc21. The lowest BCUT2D eigenvalue weighted by Crippen LogP contribution is -2.48. The van der Waals surface area contributed by atoms with Crippen LogP contribution in [0.15, 0.2) is 91.1 Å². The van der Waals surface area contributed by atoms with E-state index in [0.717, 1.165) is 40.7 Å². The Balaban J connectivity index is 0.00000523. The van der Waals surface area contributed by atoms with Crippen LogP contribution in [0.1, 0.15) is 32.0 Å². The summed E-state index contributed by atoms with van der Waals surface area (Å²) in [5.41, 5.74) is 1.73. The Morgan fingerprint density at radius 3 is 2.12 bits per heavy atom. The van der Waals surface area contributed by atoms with Crippen molar-refractivity contribution in [2.45, 2.75) is 18.9 Å². The molecule has 274 valence electrons. The molecule has 5 aromatic rings. The number of alkyl halides is 6. The number of hydrogen-bond acceptors (Lipinski definition) is 6. The number of aromatic nitrogens is 2. The lowest BCUT2D eigenvalue weighted by atomic mass is 10.1. The zero-order valence-electron chi connectivity index (χ0n) is 27.5. The first-order valence-electron chi connectivity index (χ1n) is 15.7. The third-order valence-corrected chi connectivity index (χ3v) is 8.32. The monoisotopic (exact) mass is 791 g/mol. The number of halogens is 7. The first-order valence-corrected chi connectivity index (χ1v) is 15.7. The van der Waals surface area contributed by atoms with Gasteiger partial charge in [-0.15, -0.1) is 17.0 Å². The fraction of sp³-hybridized carbons (Fsp3) is 0.250. The second-order valence-corrected chi connectivity index (χ2v) is 11.9. The lowest BCUT2D eigenvalue weighted by molar-refractivity contribution is -0.153. The van der Waals surface area contributed by atoms with Crippen molar-refractivity contribution in [2.75, 3.05) is 38.1 Å². The number of aryl methyl sites for hydroxylation is 1. The number of hydrogen-bond donors (Lipinski definition) is 1. The van der Waals surface area contributed by atoms with Crippen LogP contribution < -0.4 is 14.8 Å². The van der Waals surface area contributed by atoms with Crippen LogP contribution in [-0.2, 0) is 19.8 Å². The van der Waals surface area contributed by atoms with E-state index >= 15 is 0 Å². The van der Waals surface area contributed by atoms with E-state index in [0.29, 0.717) is 49.9 Å². The highest BCUT2D eigenvalue weighted by Gasteiger charge is 2.30. The minimum Gasteiger partial charge on any atom is -0.484 e. The van der Waals surface area contributed by atoms with E-state index in [4.69, 9.17) is 9.47 Å². The van der Waals surface area contributed by atoms with Crippen LogP contribution in [0.2, 0.25) is 0 Å². The molecule has 6 rings (SSSR count). The van der Waals surface area contributed by atoms with E-state index in [-0.39, 0.29) is 40.1 Å². The average molecular weight is 793 g/mol. The highest BCUT2D eigenvalue weighted by molar-refractivity contribution is 8.93. The summed E-state index contributed by atoms with van der Waals surface area (Å²) in [5.74, 6) is 0.140. The molecule has 0 spiro atoms. The van der Waals surface area contributed by atoms with Gasteiger partial charge >= 0.3 is 12.4 Å². The van der Waals surface area contributed by atoms with Crippen molar-refractivity contribution in [2.24, 2.45) is 7.05 Å². The summed E-state index contributed by atoms with van der Waals surface area (Å²) in [6.45, 7) is 1.52. The number of rotatable bonds is 9. The molecule has 0 radical (unpaired) electrons. The standard InChI is InChI=1S/C36H31F6N5O4.BrH/c1-45-30-19-29(51-32-13-9-27(20-43-32)44-33(48)24-4-7-26(8-5-24)36(40,41)42)12-6-25(30)18-31(45)34(49)47-16-14-46(15-17-47)21-23-2-10-28(11-3-23)50-22-35(37,38)39;/h2-13,18-20H,14-17,21-22H2,1H3,(H,44,48);1H. The van der Waals surface area contributed by atoms with E-state index in [1.165, 1.54) is 24.4 Å². The number of amides is 2. The van der Waals surface area contributed by atoms with Crippen LogP contribution in [0.3, 0.4) is 0 Å². The number of ether oxygens (including phenoxy) is 2. The number of pyridine rings is 1. The van der Waals surface area contributed by atoms with E-state index < -0.39 is 30.4 Å². The molecule has 1 N–H and O–H groups in total. The number of nitrogens with one attached hydrogen (secondary N) is 1. The number of carbonyl (C=O) groups excluding carboxylic acids is 2. The smallest absolute Gasteiger partial charge is 0.422 e. The molecule has 2 aromatic heterocycles. The Kier molecular flexibility index (Phi) is 11.5. The minimum atomic E-state index is -4.50. The minimum absolute atomic E-state index is 0. The van der Waals surface area contributed by atoms with Crippen molar-refractivity contribution >= 4 is 45.4 Å². The largest absolute Gasteiger partial charge is 0.484 e. The van der Waals surface area contributed by atoms with Crippen LogP contribution in [0.5, 0.6) is 17.4 Å². The summed E-state index contributed by atoms with van der Waals surface area (Å²) in [7, 11) is 1.80. The topological polar surface area (TPSA) is 88.9 Å². The van der Waals surface area contributed by atoms with Crippen LogP contribution in [-0.4, -0.2) is 70.1 Å². The maximum atomic E-state index is 13.5. The predicted molar refractivity (Wildman–Crippen MR) is 186 cm³/mol. The molecule has 0 atom stereocenters. The van der Waals surface area contributed by atoms with E-state index in [1.54, 1.807) is 46.8 Å². The normalized spacial score (nSPS) is 13.8. The maximum Gasteiger partial charge on any atom is 0.422 e. The summed E-state index contributed by atoms with van der Waals surface area (Å²) in [4.78, 5) is 34.2. The van der Waals surface area contributed by atoms with Gasteiger partial charge in [0.1, 0.15) is 17.2 Å². The van der Waals surface area contributed by atoms with Gasteiger partial charge in [-0.3, -0.25) is 14.5 Å². The van der Waals surface area contributed by atoms with Crippen LogP contribution in [0, 0.1) is 0 Å². The van der Waals surface area contributed by atoms with Gasteiger partial charge in [-0.2, -0.15) is 26.3 Å². The molecule has 1 aliphatic rings. The number of fused-ring (bicyclic) bond motifs is 1. The van der Waals surface area contributed by atoms with Crippen LogP contribution in [0.4, 0.5) is 32.0 Å². The fourth-order valence-corrected chi connectivity index (χ4v) is 5.61. The molecule has 3 heterocycles. The highest BCUT2D eigenvalue weighted by Crippen LogP contribution is 2.30. The van der Waals surface area contributed by atoms with Crippen LogP contribution in [0.25, 0.3) is 10.9 Å². The van der Waals surface area contributed by atoms with Gasteiger partial charge in [-0.05, 0) is 66.2 Å². The van der Waals surface area contributed by atoms with Gasteiger partial charge in [-0.25, -0.2) is 4.98 Å². The Labute approximate surface area is 304 Å². The number of nitrogens with zero attached hydrogens (tertiary/aromatic N) is 4. The van der Waals surface area contributed by atoms with Crippen molar-refractivity contribution in [3.63, 3.8) is 0 Å². The molecule has 1 saturated heterocycles. The Bertz CT molecular complexity index is 2010. The summed E-state index contributed by atoms with van der Waals surface area (Å²) in [6.07, 6.45) is -7.53. The number of anilines is 1. The maximum absolute atomic E-state index is 13.5. The molecule has 0 saturated carbocycles. The second-order valence-electron chi connectivity index (χ2n) is 11.9. The molecule has 52 heavy (non-hydrogen) atoms. The van der Waals surface area contributed by atoms with Crippen LogP contribution >= 0.6 is 17.0 Å².